The Labute approximate surface area is 135 Å². The van der Waals surface area contributed by atoms with Crippen LogP contribution in [0.3, 0.4) is 0 Å². The molecule has 0 aromatic carbocycles. The smallest absolute Gasteiger partial charge is 0.242 e. The first-order valence-corrected chi connectivity index (χ1v) is 10.0. The Morgan fingerprint density at radius 3 is 2.95 bits per heavy atom. The Hall–Kier alpha value is -0.500. The van der Waals surface area contributed by atoms with Crippen molar-refractivity contribution in [1.29, 1.82) is 0 Å². The monoisotopic (exact) mass is 349 g/mol. The lowest BCUT2D eigenvalue weighted by molar-refractivity contribution is 0.543. The molecule has 1 fully saturated rings. The first-order chi connectivity index (χ1) is 10.0. The van der Waals surface area contributed by atoms with Crippen molar-refractivity contribution in [3.8, 4) is 0 Å². The van der Waals surface area contributed by atoms with Gasteiger partial charge in [0, 0.05) is 24.5 Å². The van der Waals surface area contributed by atoms with Crippen LogP contribution >= 0.6 is 23.4 Å². The molecule has 1 atom stereocenters. The molecular weight excluding hydrogens is 330 g/mol. The van der Waals surface area contributed by atoms with E-state index in [0.29, 0.717) is 10.8 Å². The second-order valence-corrected chi connectivity index (χ2v) is 8.23. The van der Waals surface area contributed by atoms with Crippen LogP contribution in [0.2, 0.25) is 5.02 Å². The highest BCUT2D eigenvalue weighted by molar-refractivity contribution is 7.99. The number of hydrogen-bond acceptors (Lipinski definition) is 5. The minimum absolute atomic E-state index is 0.00887. The zero-order valence-electron chi connectivity index (χ0n) is 11.9. The van der Waals surface area contributed by atoms with Crippen LogP contribution in [0.15, 0.2) is 17.2 Å². The fourth-order valence-electron chi connectivity index (χ4n) is 2.06. The summed E-state index contributed by atoms with van der Waals surface area (Å²) in [5, 5.41) is 3.38. The third kappa shape index (κ3) is 4.74. The molecule has 0 spiro atoms. The Morgan fingerprint density at radius 1 is 1.52 bits per heavy atom. The Morgan fingerprint density at radius 2 is 2.33 bits per heavy atom. The van der Waals surface area contributed by atoms with E-state index in [1.54, 1.807) is 11.8 Å². The van der Waals surface area contributed by atoms with Gasteiger partial charge < -0.3 is 5.32 Å². The van der Waals surface area contributed by atoms with Crippen molar-refractivity contribution in [1.82, 2.24) is 9.71 Å². The molecule has 1 saturated heterocycles. The number of aromatic nitrogens is 1. The van der Waals surface area contributed by atoms with Crippen LogP contribution in [0.25, 0.3) is 0 Å². The first-order valence-electron chi connectivity index (χ1n) is 7.02. The SMILES string of the molecule is CCCNc1ncc(S(=O)(=O)NC2CCCSC2)cc1Cl. The molecule has 5 nitrogen and oxygen atoms in total. The molecule has 1 aromatic heterocycles. The lowest BCUT2D eigenvalue weighted by Crippen LogP contribution is -2.38. The molecule has 2 heterocycles. The van der Waals surface area contributed by atoms with Gasteiger partial charge in [0.25, 0.3) is 0 Å². The number of anilines is 1. The van der Waals surface area contributed by atoms with Crippen molar-refractivity contribution >= 4 is 39.2 Å². The van der Waals surface area contributed by atoms with Gasteiger partial charge in [0.05, 0.1) is 5.02 Å². The lowest BCUT2D eigenvalue weighted by Gasteiger charge is -2.22. The number of hydrogen-bond donors (Lipinski definition) is 2. The van der Waals surface area contributed by atoms with E-state index >= 15 is 0 Å². The number of pyridine rings is 1. The normalized spacial score (nSPS) is 19.4. The van der Waals surface area contributed by atoms with Gasteiger partial charge in [0.1, 0.15) is 10.7 Å². The molecule has 0 saturated carbocycles. The predicted molar refractivity (Wildman–Crippen MR) is 88.7 cm³/mol. The second-order valence-electron chi connectivity index (χ2n) is 4.96. The second kappa shape index (κ2) is 7.67. The maximum Gasteiger partial charge on any atom is 0.242 e. The van der Waals surface area contributed by atoms with Gasteiger partial charge in [-0.2, -0.15) is 11.8 Å². The summed E-state index contributed by atoms with van der Waals surface area (Å²) in [6.07, 6.45) is 4.21. The molecule has 1 aliphatic heterocycles. The van der Waals surface area contributed by atoms with Gasteiger partial charge in [0.15, 0.2) is 0 Å². The topological polar surface area (TPSA) is 71.1 Å². The highest BCUT2D eigenvalue weighted by Gasteiger charge is 2.23. The van der Waals surface area contributed by atoms with E-state index in [4.69, 9.17) is 11.6 Å². The molecule has 21 heavy (non-hydrogen) atoms. The van der Waals surface area contributed by atoms with E-state index in [9.17, 15) is 8.42 Å². The van der Waals surface area contributed by atoms with E-state index in [0.717, 1.165) is 37.3 Å². The van der Waals surface area contributed by atoms with E-state index < -0.39 is 10.0 Å². The van der Waals surface area contributed by atoms with Crippen molar-refractivity contribution in [3.05, 3.63) is 17.3 Å². The van der Waals surface area contributed by atoms with Crippen molar-refractivity contribution in [2.75, 3.05) is 23.4 Å². The molecule has 2 N–H and O–H groups in total. The van der Waals surface area contributed by atoms with Crippen LogP contribution in [0, 0.1) is 0 Å². The van der Waals surface area contributed by atoms with Crippen LogP contribution in [0.1, 0.15) is 26.2 Å². The van der Waals surface area contributed by atoms with E-state index in [-0.39, 0.29) is 10.9 Å². The zero-order chi connectivity index (χ0) is 15.3. The van der Waals surface area contributed by atoms with Crippen LogP contribution in [-0.2, 0) is 10.0 Å². The average molecular weight is 350 g/mol. The number of sulfonamides is 1. The third-order valence-electron chi connectivity index (χ3n) is 3.15. The first kappa shape index (κ1) is 16.9. The van der Waals surface area contributed by atoms with E-state index in [2.05, 4.69) is 15.0 Å². The van der Waals surface area contributed by atoms with Crippen LogP contribution in [0.5, 0.6) is 0 Å². The number of nitrogens with one attached hydrogen (secondary N) is 2. The van der Waals surface area contributed by atoms with Crippen molar-refractivity contribution < 1.29 is 8.42 Å². The maximum atomic E-state index is 12.3. The fourth-order valence-corrected chi connectivity index (χ4v) is 4.78. The molecule has 0 bridgehead atoms. The van der Waals surface area contributed by atoms with Crippen molar-refractivity contribution in [3.63, 3.8) is 0 Å². The summed E-state index contributed by atoms with van der Waals surface area (Å²) >= 11 is 7.87. The summed E-state index contributed by atoms with van der Waals surface area (Å²) < 4.78 is 27.4. The summed E-state index contributed by atoms with van der Waals surface area (Å²) in [7, 11) is -3.56. The van der Waals surface area contributed by atoms with Crippen LogP contribution in [-0.4, -0.2) is 37.5 Å². The molecule has 0 aliphatic carbocycles. The average Bonchev–Trinajstić information content (AvgIpc) is 2.46. The number of halogens is 1. The quantitative estimate of drug-likeness (QED) is 0.826. The Kier molecular flexibility index (Phi) is 6.16. The zero-order valence-corrected chi connectivity index (χ0v) is 14.3. The molecular formula is C13H20ClN3O2S2. The summed E-state index contributed by atoms with van der Waals surface area (Å²) in [6, 6.07) is 1.44. The minimum atomic E-state index is -3.56. The van der Waals surface area contributed by atoms with Gasteiger partial charge >= 0.3 is 0 Å². The number of rotatable bonds is 6. The molecule has 1 aromatic rings. The van der Waals surface area contributed by atoms with Gasteiger partial charge in [-0.25, -0.2) is 18.1 Å². The van der Waals surface area contributed by atoms with Gasteiger partial charge in [-0.15, -0.1) is 0 Å². The Bertz CT molecular complexity index is 575. The van der Waals surface area contributed by atoms with Crippen LogP contribution < -0.4 is 10.0 Å². The molecule has 8 heteroatoms. The summed E-state index contributed by atoms with van der Waals surface area (Å²) in [5.41, 5.74) is 0. The molecule has 0 amide bonds. The van der Waals surface area contributed by atoms with Gasteiger partial charge in [-0.05, 0) is 31.1 Å². The minimum Gasteiger partial charge on any atom is -0.369 e. The molecule has 1 aliphatic rings. The Balaban J connectivity index is 2.10. The standard InChI is InChI=1S/C13H20ClN3O2S2/c1-2-5-15-13-12(14)7-11(8-16-13)21(18,19)17-10-4-3-6-20-9-10/h7-8,10,17H,2-6,9H2,1H3,(H,15,16). The largest absolute Gasteiger partial charge is 0.369 e. The lowest BCUT2D eigenvalue weighted by atomic mass is 10.2. The van der Waals surface area contributed by atoms with E-state index in [1.165, 1.54) is 12.3 Å². The summed E-state index contributed by atoms with van der Waals surface area (Å²) in [4.78, 5) is 4.22. The molecule has 118 valence electrons. The number of thioether (sulfide) groups is 1. The highest BCUT2D eigenvalue weighted by atomic mass is 35.5. The fraction of sp³-hybridized carbons (Fsp3) is 0.615. The molecule has 2 rings (SSSR count). The molecule has 1 unspecified atom stereocenters. The van der Waals surface area contributed by atoms with Crippen molar-refractivity contribution in [2.45, 2.75) is 37.1 Å². The predicted octanol–water partition coefficient (Wildman–Crippen LogP) is 2.73. The summed E-state index contributed by atoms with van der Waals surface area (Å²) in [5.74, 6) is 2.44. The van der Waals surface area contributed by atoms with Crippen LogP contribution in [0.4, 0.5) is 5.82 Å². The number of nitrogens with zero attached hydrogens (tertiary/aromatic N) is 1. The maximum absolute atomic E-state index is 12.3. The van der Waals surface area contributed by atoms with Crippen molar-refractivity contribution in [2.24, 2.45) is 0 Å². The molecule has 0 radical (unpaired) electrons. The third-order valence-corrected chi connectivity index (χ3v) is 6.14. The van der Waals surface area contributed by atoms with E-state index in [1.807, 2.05) is 6.92 Å². The summed E-state index contributed by atoms with van der Waals surface area (Å²) in [6.45, 7) is 2.78. The highest BCUT2D eigenvalue weighted by Crippen LogP contribution is 2.24. The van der Waals surface area contributed by atoms with Gasteiger partial charge in [-0.3, -0.25) is 0 Å². The van der Waals surface area contributed by atoms with Gasteiger partial charge in [-0.1, -0.05) is 18.5 Å². The van der Waals surface area contributed by atoms with Gasteiger partial charge in [0.2, 0.25) is 10.0 Å².